The summed E-state index contributed by atoms with van der Waals surface area (Å²) in [6.07, 6.45) is -0.135. The van der Waals surface area contributed by atoms with Crippen molar-refractivity contribution in [1.29, 1.82) is 0 Å². The van der Waals surface area contributed by atoms with Gasteiger partial charge < -0.3 is 10.1 Å². The van der Waals surface area contributed by atoms with Gasteiger partial charge in [0.05, 0.1) is 17.8 Å². The maximum Gasteiger partial charge on any atom is 0.226 e. The van der Waals surface area contributed by atoms with Gasteiger partial charge in [0.1, 0.15) is 11.6 Å². The summed E-state index contributed by atoms with van der Waals surface area (Å²) in [6, 6.07) is 11.3. The van der Waals surface area contributed by atoms with Crippen LogP contribution in [0.5, 0.6) is 5.75 Å². The van der Waals surface area contributed by atoms with E-state index in [-0.39, 0.29) is 23.0 Å². The van der Waals surface area contributed by atoms with Gasteiger partial charge in [-0.3, -0.25) is 4.79 Å². The summed E-state index contributed by atoms with van der Waals surface area (Å²) in [7, 11) is -2.01. The molecule has 0 aliphatic rings. The molecule has 0 fully saturated rings. The van der Waals surface area contributed by atoms with Gasteiger partial charge in [0.25, 0.3) is 0 Å². The molecule has 1 N–H and O–H groups in total. The van der Waals surface area contributed by atoms with Crippen LogP contribution in [0.4, 0.5) is 5.82 Å². The molecule has 1 amide bonds. The Labute approximate surface area is 135 Å². The second kappa shape index (κ2) is 7.23. The van der Waals surface area contributed by atoms with E-state index in [2.05, 4.69) is 10.3 Å². The summed E-state index contributed by atoms with van der Waals surface area (Å²) in [5, 5.41) is 2.59. The standard InChI is InChI=1S/C16H18N2O4S/c1-12-4-3-5-15(17-12)18-16(19)10-11-23(20,21)14-8-6-13(22-2)7-9-14/h3-9H,10-11H2,1-2H3,(H,17,18,19). The number of amides is 1. The lowest BCUT2D eigenvalue weighted by molar-refractivity contribution is -0.115. The minimum Gasteiger partial charge on any atom is -0.497 e. The second-order valence-electron chi connectivity index (χ2n) is 4.96. The lowest BCUT2D eigenvalue weighted by Gasteiger charge is -2.07. The second-order valence-corrected chi connectivity index (χ2v) is 7.07. The molecule has 23 heavy (non-hydrogen) atoms. The SMILES string of the molecule is COc1ccc(S(=O)(=O)CCC(=O)Nc2cccc(C)n2)cc1. The lowest BCUT2D eigenvalue weighted by Crippen LogP contribution is -2.18. The number of carbonyl (C=O) groups excluding carboxylic acids is 1. The van der Waals surface area contributed by atoms with E-state index in [1.165, 1.54) is 19.2 Å². The largest absolute Gasteiger partial charge is 0.497 e. The number of hydrogen-bond acceptors (Lipinski definition) is 5. The van der Waals surface area contributed by atoms with Gasteiger partial charge in [-0.1, -0.05) is 6.07 Å². The van der Waals surface area contributed by atoms with Gasteiger partial charge in [-0.2, -0.15) is 0 Å². The molecule has 0 aliphatic heterocycles. The third-order valence-corrected chi connectivity index (χ3v) is 4.90. The molecule has 2 aromatic rings. The molecule has 1 heterocycles. The first-order chi connectivity index (χ1) is 10.9. The number of nitrogens with one attached hydrogen (secondary N) is 1. The fourth-order valence-corrected chi connectivity index (χ4v) is 3.19. The van der Waals surface area contributed by atoms with Crippen molar-refractivity contribution >= 4 is 21.6 Å². The molecular formula is C16H18N2O4S. The number of benzene rings is 1. The van der Waals surface area contributed by atoms with Gasteiger partial charge in [0, 0.05) is 12.1 Å². The van der Waals surface area contributed by atoms with Gasteiger partial charge in [0.2, 0.25) is 5.91 Å². The van der Waals surface area contributed by atoms with E-state index >= 15 is 0 Å². The van der Waals surface area contributed by atoms with E-state index in [0.29, 0.717) is 11.6 Å². The first-order valence-corrected chi connectivity index (χ1v) is 8.66. The van der Waals surface area contributed by atoms with Gasteiger partial charge in [0.15, 0.2) is 9.84 Å². The molecule has 0 atom stereocenters. The minimum absolute atomic E-state index is 0.135. The fourth-order valence-electron chi connectivity index (χ4n) is 1.95. The Morgan fingerprint density at radius 1 is 1.17 bits per heavy atom. The zero-order valence-corrected chi connectivity index (χ0v) is 13.8. The van der Waals surface area contributed by atoms with E-state index in [1.807, 2.05) is 13.0 Å². The van der Waals surface area contributed by atoms with Crippen molar-refractivity contribution in [2.24, 2.45) is 0 Å². The van der Waals surface area contributed by atoms with E-state index in [4.69, 9.17) is 4.74 Å². The molecule has 0 unspecified atom stereocenters. The zero-order valence-electron chi connectivity index (χ0n) is 12.9. The van der Waals surface area contributed by atoms with Crippen LogP contribution in [0.15, 0.2) is 47.4 Å². The highest BCUT2D eigenvalue weighted by molar-refractivity contribution is 7.91. The van der Waals surface area contributed by atoms with E-state index in [9.17, 15) is 13.2 Å². The van der Waals surface area contributed by atoms with Crippen molar-refractivity contribution in [3.63, 3.8) is 0 Å². The Bertz CT molecular complexity index is 786. The number of hydrogen-bond donors (Lipinski definition) is 1. The van der Waals surface area contributed by atoms with Crippen molar-refractivity contribution in [2.45, 2.75) is 18.2 Å². The fraction of sp³-hybridized carbons (Fsp3) is 0.250. The molecule has 0 aliphatic carbocycles. The third-order valence-electron chi connectivity index (χ3n) is 3.17. The molecular weight excluding hydrogens is 316 g/mol. The molecule has 6 nitrogen and oxygen atoms in total. The van der Waals surface area contributed by atoms with E-state index in [0.717, 1.165) is 5.69 Å². The molecule has 0 saturated heterocycles. The quantitative estimate of drug-likeness (QED) is 0.875. The monoisotopic (exact) mass is 334 g/mol. The van der Waals surface area contributed by atoms with Crippen LogP contribution in [0.25, 0.3) is 0 Å². The number of ether oxygens (including phenoxy) is 1. The van der Waals surface area contributed by atoms with E-state index < -0.39 is 9.84 Å². The summed E-state index contributed by atoms with van der Waals surface area (Å²) in [5.74, 6) is 0.334. The van der Waals surface area contributed by atoms with Crippen molar-refractivity contribution in [3.05, 3.63) is 48.2 Å². The number of anilines is 1. The number of nitrogens with zero attached hydrogens (tertiary/aromatic N) is 1. The van der Waals surface area contributed by atoms with Crippen LogP contribution in [-0.4, -0.2) is 32.2 Å². The molecule has 0 bridgehead atoms. The highest BCUT2D eigenvalue weighted by Gasteiger charge is 2.16. The normalized spacial score (nSPS) is 11.0. The van der Waals surface area contributed by atoms with Crippen LogP contribution in [0.3, 0.4) is 0 Å². The summed E-state index contributed by atoms with van der Waals surface area (Å²) >= 11 is 0. The number of sulfone groups is 1. The Morgan fingerprint density at radius 3 is 2.48 bits per heavy atom. The molecule has 0 saturated carbocycles. The molecule has 0 radical (unpaired) electrons. The van der Waals surface area contributed by atoms with Crippen LogP contribution in [0.1, 0.15) is 12.1 Å². The summed E-state index contributed by atoms with van der Waals surface area (Å²) in [5.41, 5.74) is 0.772. The van der Waals surface area contributed by atoms with Crippen LogP contribution in [-0.2, 0) is 14.6 Å². The Balaban J connectivity index is 1.96. The first-order valence-electron chi connectivity index (χ1n) is 7.01. The van der Waals surface area contributed by atoms with Gasteiger partial charge in [-0.25, -0.2) is 13.4 Å². The average Bonchev–Trinajstić information content (AvgIpc) is 2.53. The number of aromatic nitrogens is 1. The van der Waals surface area contributed by atoms with Crippen molar-refractivity contribution in [1.82, 2.24) is 4.98 Å². The molecule has 0 spiro atoms. The highest BCUT2D eigenvalue weighted by Crippen LogP contribution is 2.17. The molecule has 2 rings (SSSR count). The zero-order chi connectivity index (χ0) is 16.9. The minimum atomic E-state index is -3.52. The van der Waals surface area contributed by atoms with Crippen molar-refractivity contribution < 1.29 is 17.9 Å². The smallest absolute Gasteiger partial charge is 0.226 e. The van der Waals surface area contributed by atoms with Gasteiger partial charge >= 0.3 is 0 Å². The van der Waals surface area contributed by atoms with Crippen LogP contribution < -0.4 is 10.1 Å². The molecule has 1 aromatic heterocycles. The number of methoxy groups -OCH3 is 1. The summed E-state index contributed by atoms with van der Waals surface area (Å²) in [6.45, 7) is 1.81. The molecule has 122 valence electrons. The Kier molecular flexibility index (Phi) is 5.33. The predicted octanol–water partition coefficient (Wildman–Crippen LogP) is 2.20. The van der Waals surface area contributed by atoms with Crippen LogP contribution >= 0.6 is 0 Å². The van der Waals surface area contributed by atoms with Crippen LogP contribution in [0, 0.1) is 6.92 Å². The number of aryl methyl sites for hydroxylation is 1. The predicted molar refractivity (Wildman–Crippen MR) is 87.3 cm³/mol. The maximum atomic E-state index is 12.2. The third kappa shape index (κ3) is 4.79. The first kappa shape index (κ1) is 17.0. The topological polar surface area (TPSA) is 85.4 Å². The maximum absolute atomic E-state index is 12.2. The average molecular weight is 334 g/mol. The van der Waals surface area contributed by atoms with Gasteiger partial charge in [-0.05, 0) is 43.3 Å². The Morgan fingerprint density at radius 2 is 1.87 bits per heavy atom. The van der Waals surface area contributed by atoms with Gasteiger partial charge in [-0.15, -0.1) is 0 Å². The van der Waals surface area contributed by atoms with Crippen molar-refractivity contribution in [3.8, 4) is 5.75 Å². The number of rotatable bonds is 6. The highest BCUT2D eigenvalue weighted by atomic mass is 32.2. The molecule has 1 aromatic carbocycles. The summed E-state index contributed by atoms with van der Waals surface area (Å²) < 4.78 is 29.4. The molecule has 7 heteroatoms. The Hall–Kier alpha value is -2.41. The van der Waals surface area contributed by atoms with Crippen LogP contribution in [0.2, 0.25) is 0 Å². The number of carbonyl (C=O) groups is 1. The number of pyridine rings is 1. The summed E-state index contributed by atoms with van der Waals surface area (Å²) in [4.78, 5) is 16.2. The lowest BCUT2D eigenvalue weighted by atomic mass is 10.3. The van der Waals surface area contributed by atoms with Crippen molar-refractivity contribution in [2.75, 3.05) is 18.2 Å². The van der Waals surface area contributed by atoms with E-state index in [1.54, 1.807) is 24.3 Å².